The molecule has 4 rings (SSSR count). The molecule has 1 aliphatic rings. The molecule has 0 fully saturated rings. The van der Waals surface area contributed by atoms with Gasteiger partial charge in [-0.25, -0.2) is 0 Å². The molecule has 0 saturated carbocycles. The van der Waals surface area contributed by atoms with Crippen LogP contribution in [-0.2, 0) is 5.60 Å². The monoisotopic (exact) mass is 292 g/mol. The normalized spacial score (nSPS) is 15.1. The summed E-state index contributed by atoms with van der Waals surface area (Å²) in [6.07, 6.45) is 4.85. The van der Waals surface area contributed by atoms with E-state index in [0.717, 1.165) is 20.9 Å². The van der Waals surface area contributed by atoms with Gasteiger partial charge in [-0.2, -0.15) is 0 Å². The first-order valence-electron chi connectivity index (χ1n) is 6.66. The highest BCUT2D eigenvalue weighted by Gasteiger charge is 2.42. The smallest absolute Gasteiger partial charge is 0.161 e. The molecule has 0 saturated heterocycles. The van der Waals surface area contributed by atoms with Crippen molar-refractivity contribution in [2.45, 2.75) is 15.4 Å². The summed E-state index contributed by atoms with van der Waals surface area (Å²) < 4.78 is 0. The largest absolute Gasteiger partial charge is 0.374 e. The van der Waals surface area contributed by atoms with Crippen LogP contribution in [0.25, 0.3) is 0 Å². The molecule has 2 heterocycles. The van der Waals surface area contributed by atoms with Crippen molar-refractivity contribution in [2.75, 3.05) is 0 Å². The Kier molecular flexibility index (Phi) is 2.80. The minimum atomic E-state index is -1.26. The molecule has 3 aromatic rings. The van der Waals surface area contributed by atoms with Crippen molar-refractivity contribution in [1.29, 1.82) is 0 Å². The van der Waals surface area contributed by atoms with Crippen LogP contribution in [0.15, 0.2) is 76.9 Å². The number of nitrogens with zero attached hydrogens (tertiary/aromatic N) is 2. The quantitative estimate of drug-likeness (QED) is 0.748. The first kappa shape index (κ1) is 12.6. The Hall–Kier alpha value is -2.17. The van der Waals surface area contributed by atoms with E-state index >= 15 is 0 Å². The lowest BCUT2D eigenvalue weighted by atomic mass is 9.83. The highest BCUT2D eigenvalue weighted by atomic mass is 32.2. The molecular formula is C17H12N2OS. The Morgan fingerprint density at radius 3 is 2.05 bits per heavy atom. The lowest BCUT2D eigenvalue weighted by molar-refractivity contribution is 0.113. The minimum Gasteiger partial charge on any atom is -0.374 e. The first-order valence-corrected chi connectivity index (χ1v) is 7.47. The van der Waals surface area contributed by atoms with E-state index in [1.165, 1.54) is 0 Å². The second kappa shape index (κ2) is 4.69. The summed E-state index contributed by atoms with van der Waals surface area (Å²) in [6, 6.07) is 15.8. The van der Waals surface area contributed by atoms with Gasteiger partial charge in [0.1, 0.15) is 0 Å². The molecule has 0 spiro atoms. The molecule has 0 bridgehead atoms. The first-order chi connectivity index (χ1) is 10.3. The molecule has 0 unspecified atom stereocenters. The van der Waals surface area contributed by atoms with E-state index in [4.69, 9.17) is 0 Å². The summed E-state index contributed by atoms with van der Waals surface area (Å²) in [4.78, 5) is 10.6. The van der Waals surface area contributed by atoms with Gasteiger partial charge in [0.2, 0.25) is 0 Å². The van der Waals surface area contributed by atoms with Gasteiger partial charge < -0.3 is 5.11 Å². The van der Waals surface area contributed by atoms with Crippen molar-refractivity contribution in [3.05, 3.63) is 83.9 Å². The SMILES string of the molecule is OC1(c2cnccn2)c2ccccc2Sc2ccccc21. The standard InChI is InChI=1S/C17H12N2OS/c20-17(16-11-18-9-10-19-16)12-5-1-3-7-14(12)21-15-8-4-2-6-13(15)17/h1-11,20H. The lowest BCUT2D eigenvalue weighted by Gasteiger charge is -2.35. The van der Waals surface area contributed by atoms with Crippen molar-refractivity contribution < 1.29 is 5.11 Å². The van der Waals surface area contributed by atoms with Crippen LogP contribution in [0.4, 0.5) is 0 Å². The Balaban J connectivity index is 2.06. The third-order valence-electron chi connectivity index (χ3n) is 3.71. The van der Waals surface area contributed by atoms with Crippen molar-refractivity contribution in [2.24, 2.45) is 0 Å². The maximum absolute atomic E-state index is 11.5. The molecule has 1 aliphatic heterocycles. The predicted molar refractivity (Wildman–Crippen MR) is 81.1 cm³/mol. The van der Waals surface area contributed by atoms with Gasteiger partial charge in [-0.1, -0.05) is 48.2 Å². The van der Waals surface area contributed by atoms with Crippen LogP contribution in [0.5, 0.6) is 0 Å². The van der Waals surface area contributed by atoms with Crippen LogP contribution >= 0.6 is 11.8 Å². The van der Waals surface area contributed by atoms with E-state index in [9.17, 15) is 5.11 Å². The summed E-state index contributed by atoms with van der Waals surface area (Å²) >= 11 is 1.67. The predicted octanol–water partition coefficient (Wildman–Crippen LogP) is 3.23. The van der Waals surface area contributed by atoms with Gasteiger partial charge in [0.15, 0.2) is 5.60 Å². The maximum Gasteiger partial charge on any atom is 0.161 e. The van der Waals surface area contributed by atoms with Gasteiger partial charge in [0.05, 0.1) is 11.9 Å². The molecule has 1 N–H and O–H groups in total. The van der Waals surface area contributed by atoms with Crippen LogP contribution < -0.4 is 0 Å². The molecule has 0 radical (unpaired) electrons. The molecule has 3 nitrogen and oxygen atoms in total. The average molecular weight is 292 g/mol. The topological polar surface area (TPSA) is 46.0 Å². The van der Waals surface area contributed by atoms with E-state index in [1.807, 2.05) is 48.5 Å². The highest BCUT2D eigenvalue weighted by Crippen LogP contribution is 2.50. The molecule has 4 heteroatoms. The van der Waals surface area contributed by atoms with Gasteiger partial charge >= 0.3 is 0 Å². The number of aromatic nitrogens is 2. The number of hydrogen-bond acceptors (Lipinski definition) is 4. The van der Waals surface area contributed by atoms with E-state index in [1.54, 1.807) is 30.4 Å². The zero-order chi connectivity index (χ0) is 14.3. The second-order valence-electron chi connectivity index (χ2n) is 4.90. The minimum absolute atomic E-state index is 0.546. The maximum atomic E-state index is 11.5. The molecule has 2 aromatic carbocycles. The Bertz CT molecular complexity index is 759. The third kappa shape index (κ3) is 1.80. The molecule has 0 atom stereocenters. The average Bonchev–Trinajstić information content (AvgIpc) is 2.56. The van der Waals surface area contributed by atoms with Crippen LogP contribution in [0, 0.1) is 0 Å². The van der Waals surface area contributed by atoms with Crippen molar-refractivity contribution in [3.63, 3.8) is 0 Å². The summed E-state index contributed by atoms with van der Waals surface area (Å²) in [5.74, 6) is 0. The van der Waals surface area contributed by atoms with Crippen molar-refractivity contribution in [1.82, 2.24) is 9.97 Å². The van der Waals surface area contributed by atoms with Gasteiger partial charge in [0.25, 0.3) is 0 Å². The number of benzene rings is 2. The summed E-state index contributed by atoms with van der Waals surface area (Å²) in [5.41, 5.74) is 1.00. The lowest BCUT2D eigenvalue weighted by Crippen LogP contribution is -2.33. The fourth-order valence-electron chi connectivity index (χ4n) is 2.73. The second-order valence-corrected chi connectivity index (χ2v) is 5.98. The Morgan fingerprint density at radius 1 is 0.857 bits per heavy atom. The number of aliphatic hydroxyl groups is 1. The van der Waals surface area contributed by atoms with E-state index < -0.39 is 5.60 Å². The fourth-order valence-corrected chi connectivity index (χ4v) is 3.92. The van der Waals surface area contributed by atoms with Crippen LogP contribution in [0.1, 0.15) is 16.8 Å². The molecule has 1 aromatic heterocycles. The van der Waals surface area contributed by atoms with Crippen LogP contribution in [0.2, 0.25) is 0 Å². The molecule has 0 aliphatic carbocycles. The molecule has 102 valence electrons. The number of hydrogen-bond donors (Lipinski definition) is 1. The Labute approximate surface area is 126 Å². The van der Waals surface area contributed by atoms with Crippen molar-refractivity contribution >= 4 is 11.8 Å². The Morgan fingerprint density at radius 2 is 1.48 bits per heavy atom. The summed E-state index contributed by atoms with van der Waals surface area (Å²) in [7, 11) is 0. The zero-order valence-corrected chi connectivity index (χ0v) is 11.9. The third-order valence-corrected chi connectivity index (χ3v) is 4.86. The molecule has 21 heavy (non-hydrogen) atoms. The number of fused-ring (bicyclic) bond motifs is 2. The molecule has 0 amide bonds. The van der Waals surface area contributed by atoms with E-state index in [-0.39, 0.29) is 0 Å². The van der Waals surface area contributed by atoms with E-state index in [2.05, 4.69) is 9.97 Å². The van der Waals surface area contributed by atoms with Crippen molar-refractivity contribution in [3.8, 4) is 0 Å². The molecular weight excluding hydrogens is 280 g/mol. The van der Waals surface area contributed by atoms with Gasteiger partial charge in [-0.3, -0.25) is 9.97 Å². The summed E-state index contributed by atoms with van der Waals surface area (Å²) in [6.45, 7) is 0. The number of rotatable bonds is 1. The van der Waals surface area contributed by atoms with Crippen LogP contribution in [0.3, 0.4) is 0 Å². The highest BCUT2D eigenvalue weighted by molar-refractivity contribution is 7.99. The zero-order valence-electron chi connectivity index (χ0n) is 11.1. The van der Waals surface area contributed by atoms with E-state index in [0.29, 0.717) is 5.69 Å². The fraction of sp³-hybridized carbons (Fsp3) is 0.0588. The van der Waals surface area contributed by atoms with Crippen LogP contribution in [-0.4, -0.2) is 15.1 Å². The van der Waals surface area contributed by atoms with Gasteiger partial charge in [-0.15, -0.1) is 0 Å². The van der Waals surface area contributed by atoms with Gasteiger partial charge in [0, 0.05) is 33.3 Å². The summed E-state index contributed by atoms with van der Waals surface area (Å²) in [5, 5.41) is 11.5. The van der Waals surface area contributed by atoms with Gasteiger partial charge in [-0.05, 0) is 12.1 Å².